The highest BCUT2D eigenvalue weighted by atomic mass is 19.1. The normalized spacial score (nSPS) is 14.2. The minimum absolute atomic E-state index is 0.136. The van der Waals surface area contributed by atoms with Gasteiger partial charge in [-0.1, -0.05) is 6.07 Å². The Morgan fingerprint density at radius 2 is 1.90 bits per heavy atom. The molecule has 0 aliphatic carbocycles. The van der Waals surface area contributed by atoms with Crippen LogP contribution >= 0.6 is 0 Å². The van der Waals surface area contributed by atoms with E-state index < -0.39 is 0 Å². The Morgan fingerprint density at radius 3 is 2.70 bits per heavy atom. The van der Waals surface area contributed by atoms with E-state index in [0.717, 1.165) is 50.1 Å². The Labute approximate surface area is 233 Å². The highest BCUT2D eigenvalue weighted by molar-refractivity contribution is 5.95. The van der Waals surface area contributed by atoms with Crippen LogP contribution in [0.4, 0.5) is 15.8 Å². The molecule has 0 bridgehead atoms. The predicted molar refractivity (Wildman–Crippen MR) is 154 cm³/mol. The van der Waals surface area contributed by atoms with Crippen LogP contribution in [0, 0.1) is 12.7 Å². The molecule has 0 radical (unpaired) electrons. The summed E-state index contributed by atoms with van der Waals surface area (Å²) in [5.41, 5.74) is 4.04. The molecule has 4 aromatic rings. The molecule has 3 heterocycles. The van der Waals surface area contributed by atoms with Crippen LogP contribution in [-0.2, 0) is 0 Å². The first-order valence-electron chi connectivity index (χ1n) is 13.6. The Kier molecular flexibility index (Phi) is 8.73. The molecule has 2 aromatic carbocycles. The summed E-state index contributed by atoms with van der Waals surface area (Å²) >= 11 is 0. The molecular formula is C31H34FN5O3. The smallest absolute Gasteiger partial charge is 0.252 e. The number of benzene rings is 2. The maximum atomic E-state index is 14.1. The monoisotopic (exact) mass is 543 g/mol. The van der Waals surface area contributed by atoms with E-state index in [-0.39, 0.29) is 17.8 Å². The van der Waals surface area contributed by atoms with E-state index in [2.05, 4.69) is 25.5 Å². The maximum Gasteiger partial charge on any atom is 0.252 e. The van der Waals surface area contributed by atoms with Gasteiger partial charge >= 0.3 is 0 Å². The van der Waals surface area contributed by atoms with Crippen molar-refractivity contribution in [1.29, 1.82) is 0 Å². The van der Waals surface area contributed by atoms with Crippen LogP contribution in [0.2, 0.25) is 0 Å². The molecule has 2 aromatic heterocycles. The Bertz CT molecular complexity index is 1430. The van der Waals surface area contributed by atoms with Crippen LogP contribution in [0.25, 0.3) is 11.4 Å². The second-order valence-corrected chi connectivity index (χ2v) is 10.1. The van der Waals surface area contributed by atoms with Gasteiger partial charge in [-0.15, -0.1) is 0 Å². The summed E-state index contributed by atoms with van der Waals surface area (Å²) in [7, 11) is 0. The zero-order valence-electron chi connectivity index (χ0n) is 22.5. The van der Waals surface area contributed by atoms with Crippen molar-refractivity contribution in [3.05, 3.63) is 90.0 Å². The fourth-order valence-electron chi connectivity index (χ4n) is 4.68. The molecule has 1 saturated heterocycles. The lowest BCUT2D eigenvalue weighted by Crippen LogP contribution is -2.37. The van der Waals surface area contributed by atoms with E-state index in [1.54, 1.807) is 42.7 Å². The minimum atomic E-state index is -0.310. The number of anilines is 2. The maximum absolute atomic E-state index is 14.1. The van der Waals surface area contributed by atoms with Crippen molar-refractivity contribution >= 4 is 17.3 Å². The Hall–Kier alpha value is -4.21. The van der Waals surface area contributed by atoms with Crippen LogP contribution in [-0.4, -0.2) is 58.2 Å². The molecule has 0 atom stereocenters. The van der Waals surface area contributed by atoms with E-state index in [0.29, 0.717) is 40.7 Å². The molecule has 1 aliphatic heterocycles. The number of aromatic nitrogens is 2. The third kappa shape index (κ3) is 7.25. The molecule has 9 heteroatoms. The van der Waals surface area contributed by atoms with Crippen LogP contribution in [0.15, 0.2) is 73.1 Å². The average Bonchev–Trinajstić information content (AvgIpc) is 3.46. The van der Waals surface area contributed by atoms with Crippen molar-refractivity contribution in [2.45, 2.75) is 32.3 Å². The highest BCUT2D eigenvalue weighted by Crippen LogP contribution is 2.28. The number of nitrogens with one attached hydrogen (secondary N) is 3. The second-order valence-electron chi connectivity index (χ2n) is 10.1. The summed E-state index contributed by atoms with van der Waals surface area (Å²) in [5, 5.41) is 15.7. The molecule has 1 amide bonds. The second kappa shape index (κ2) is 12.8. The van der Waals surface area contributed by atoms with Crippen molar-refractivity contribution in [1.82, 2.24) is 20.2 Å². The van der Waals surface area contributed by atoms with Gasteiger partial charge < -0.3 is 30.4 Å². The lowest BCUT2D eigenvalue weighted by Gasteiger charge is -2.29. The van der Waals surface area contributed by atoms with Gasteiger partial charge in [0.25, 0.3) is 5.91 Å². The standard InChI is InChI=1S/C31H34FN5O3/c1-21-3-8-27(32)28(17-21)36-23-4-6-25(7-5-23)40-26-9-13-33-30(19-26)29-18-22(20-35-29)31(39)34-12-2-14-37-15-10-24(38)11-16-37/h3-9,13,17-20,24,35-36,38H,2,10-12,14-16H2,1H3,(H,34,39). The molecule has 1 aliphatic rings. The summed E-state index contributed by atoms with van der Waals surface area (Å²) in [5.74, 6) is 0.777. The number of aromatic amines is 1. The van der Waals surface area contributed by atoms with Crippen LogP contribution in [0.1, 0.15) is 35.2 Å². The van der Waals surface area contributed by atoms with Crippen molar-refractivity contribution in [2.75, 3.05) is 31.5 Å². The van der Waals surface area contributed by atoms with Crippen molar-refractivity contribution in [3.63, 3.8) is 0 Å². The number of rotatable bonds is 10. The molecule has 208 valence electrons. The number of ether oxygens (including phenoxy) is 1. The Morgan fingerprint density at radius 1 is 1.10 bits per heavy atom. The number of pyridine rings is 1. The fraction of sp³-hybridized carbons (Fsp3) is 0.290. The largest absolute Gasteiger partial charge is 0.457 e. The summed E-state index contributed by atoms with van der Waals surface area (Å²) in [6.45, 7) is 5.23. The zero-order chi connectivity index (χ0) is 27.9. The van der Waals surface area contributed by atoms with Gasteiger partial charge in [0, 0.05) is 43.8 Å². The van der Waals surface area contributed by atoms with Gasteiger partial charge in [0.05, 0.1) is 28.7 Å². The Balaban J connectivity index is 1.13. The number of aliphatic hydroxyl groups excluding tert-OH is 1. The molecule has 5 rings (SSSR count). The number of aryl methyl sites for hydroxylation is 1. The lowest BCUT2D eigenvalue weighted by molar-refractivity contribution is 0.0816. The summed E-state index contributed by atoms with van der Waals surface area (Å²) in [6, 6.07) is 17.5. The number of carbonyl (C=O) groups is 1. The third-order valence-corrected chi connectivity index (χ3v) is 6.94. The van der Waals surface area contributed by atoms with Crippen LogP contribution in [0.5, 0.6) is 11.5 Å². The SMILES string of the molecule is Cc1ccc(F)c(Nc2ccc(Oc3ccnc(-c4cc(C(=O)NCCCN5CCC(O)CC5)c[nH]4)c3)cc2)c1. The minimum Gasteiger partial charge on any atom is -0.457 e. The molecule has 1 fully saturated rings. The van der Waals surface area contributed by atoms with Crippen LogP contribution < -0.4 is 15.4 Å². The summed E-state index contributed by atoms with van der Waals surface area (Å²) in [6.07, 6.45) is 5.65. The number of halogens is 1. The van der Waals surface area contributed by atoms with Crippen molar-refractivity contribution in [2.24, 2.45) is 0 Å². The van der Waals surface area contributed by atoms with Gasteiger partial charge in [-0.25, -0.2) is 4.39 Å². The molecule has 0 saturated carbocycles. The number of aliphatic hydroxyl groups is 1. The third-order valence-electron chi connectivity index (χ3n) is 6.94. The number of hydrogen-bond donors (Lipinski definition) is 4. The topological polar surface area (TPSA) is 103 Å². The molecule has 4 N–H and O–H groups in total. The number of amides is 1. The van der Waals surface area contributed by atoms with E-state index in [4.69, 9.17) is 4.74 Å². The predicted octanol–water partition coefficient (Wildman–Crippen LogP) is 5.64. The van der Waals surface area contributed by atoms with E-state index >= 15 is 0 Å². The van der Waals surface area contributed by atoms with E-state index in [1.807, 2.05) is 31.2 Å². The number of nitrogens with zero attached hydrogens (tertiary/aromatic N) is 2. The van der Waals surface area contributed by atoms with Crippen molar-refractivity contribution in [3.8, 4) is 22.9 Å². The first-order chi connectivity index (χ1) is 19.4. The first-order valence-corrected chi connectivity index (χ1v) is 13.6. The first kappa shape index (κ1) is 27.4. The lowest BCUT2D eigenvalue weighted by atomic mass is 10.1. The van der Waals surface area contributed by atoms with E-state index in [9.17, 15) is 14.3 Å². The number of piperidine rings is 1. The van der Waals surface area contributed by atoms with Gasteiger partial charge in [0.2, 0.25) is 0 Å². The van der Waals surface area contributed by atoms with Gasteiger partial charge in [0.1, 0.15) is 17.3 Å². The van der Waals surface area contributed by atoms with Crippen LogP contribution in [0.3, 0.4) is 0 Å². The number of carbonyl (C=O) groups excluding carboxylic acids is 1. The van der Waals surface area contributed by atoms with Gasteiger partial charge in [-0.05, 0) is 86.8 Å². The summed E-state index contributed by atoms with van der Waals surface area (Å²) < 4.78 is 20.1. The molecule has 0 spiro atoms. The van der Waals surface area contributed by atoms with Gasteiger partial charge in [0.15, 0.2) is 0 Å². The van der Waals surface area contributed by atoms with E-state index in [1.165, 1.54) is 6.07 Å². The molecular weight excluding hydrogens is 509 g/mol. The number of hydrogen-bond acceptors (Lipinski definition) is 6. The van der Waals surface area contributed by atoms with Gasteiger partial charge in [-0.2, -0.15) is 0 Å². The number of H-pyrrole nitrogens is 1. The quantitative estimate of drug-likeness (QED) is 0.193. The summed E-state index contributed by atoms with van der Waals surface area (Å²) in [4.78, 5) is 22.5. The van der Waals surface area contributed by atoms with Gasteiger partial charge in [-0.3, -0.25) is 9.78 Å². The number of likely N-dealkylation sites (tertiary alicyclic amines) is 1. The zero-order valence-corrected chi connectivity index (χ0v) is 22.5. The molecule has 40 heavy (non-hydrogen) atoms. The average molecular weight is 544 g/mol. The molecule has 0 unspecified atom stereocenters. The fourth-order valence-corrected chi connectivity index (χ4v) is 4.68. The molecule has 8 nitrogen and oxygen atoms in total. The van der Waals surface area contributed by atoms with Crippen molar-refractivity contribution < 1.29 is 19.0 Å². The highest BCUT2D eigenvalue weighted by Gasteiger charge is 2.16.